The Balaban J connectivity index is 1.81. The molecule has 0 saturated carbocycles. The summed E-state index contributed by atoms with van der Waals surface area (Å²) in [5.41, 5.74) is 3.04. The van der Waals surface area contributed by atoms with Crippen LogP contribution in [0.3, 0.4) is 0 Å². The molecule has 1 aliphatic rings. The normalized spacial score (nSPS) is 13.0. The Bertz CT molecular complexity index is 956. The van der Waals surface area contributed by atoms with Gasteiger partial charge in [0.15, 0.2) is 0 Å². The Kier molecular flexibility index (Phi) is 5.74. The van der Waals surface area contributed by atoms with Crippen molar-refractivity contribution < 1.29 is 14.4 Å². The molecule has 0 spiro atoms. The molecule has 3 amide bonds. The third kappa shape index (κ3) is 4.20. The van der Waals surface area contributed by atoms with Crippen molar-refractivity contribution in [2.24, 2.45) is 0 Å². The van der Waals surface area contributed by atoms with E-state index in [1.165, 1.54) is 11.8 Å². The van der Waals surface area contributed by atoms with E-state index in [2.05, 4.69) is 10.6 Å². The number of thioether (sulfide) groups is 1. The number of carbonyl (C=O) groups excluding carboxylic acids is 3. The first kappa shape index (κ1) is 19.9. The summed E-state index contributed by atoms with van der Waals surface area (Å²) in [5.74, 6) is -0.0842. The molecule has 0 bridgehead atoms. The molecule has 3 rings (SSSR count). The lowest BCUT2D eigenvalue weighted by atomic mass is 10.1. The lowest BCUT2D eigenvalue weighted by Crippen LogP contribution is -2.33. The lowest BCUT2D eigenvalue weighted by molar-refractivity contribution is -0.113. The molecular weight excluding hydrogens is 374 g/mol. The SMILES string of the molecule is Cc1ccc(NC(=O)c2ccc3c(c2)NC(=O)CS3)cc1C(=O)N(C)C(C)C. The van der Waals surface area contributed by atoms with E-state index in [4.69, 9.17) is 0 Å². The predicted octanol–water partition coefficient (Wildman–Crippen LogP) is 3.77. The van der Waals surface area contributed by atoms with Crippen LogP contribution in [0.1, 0.15) is 40.1 Å². The van der Waals surface area contributed by atoms with Gasteiger partial charge in [-0.1, -0.05) is 6.07 Å². The number of rotatable bonds is 4. The van der Waals surface area contributed by atoms with Gasteiger partial charge in [-0.25, -0.2) is 0 Å². The highest BCUT2D eigenvalue weighted by molar-refractivity contribution is 8.00. The van der Waals surface area contributed by atoms with Crippen LogP contribution in [0.5, 0.6) is 0 Å². The molecule has 2 aromatic carbocycles. The third-order valence-corrected chi connectivity index (χ3v) is 5.77. The Morgan fingerprint density at radius 1 is 1.18 bits per heavy atom. The molecule has 0 radical (unpaired) electrons. The van der Waals surface area contributed by atoms with Crippen LogP contribution in [-0.4, -0.2) is 41.5 Å². The summed E-state index contributed by atoms with van der Waals surface area (Å²) in [6.45, 7) is 5.77. The van der Waals surface area contributed by atoms with Crippen molar-refractivity contribution in [3.05, 3.63) is 53.1 Å². The summed E-state index contributed by atoms with van der Waals surface area (Å²) in [4.78, 5) is 39.5. The van der Waals surface area contributed by atoms with Crippen molar-refractivity contribution in [1.82, 2.24) is 4.90 Å². The van der Waals surface area contributed by atoms with Crippen LogP contribution in [0, 0.1) is 6.92 Å². The number of nitrogens with zero attached hydrogens (tertiary/aromatic N) is 1. The zero-order valence-electron chi connectivity index (χ0n) is 16.3. The summed E-state index contributed by atoms with van der Waals surface area (Å²) < 4.78 is 0. The molecule has 0 saturated heterocycles. The molecular formula is C21H23N3O3S. The highest BCUT2D eigenvalue weighted by Gasteiger charge is 2.19. The zero-order valence-corrected chi connectivity index (χ0v) is 17.1. The maximum Gasteiger partial charge on any atom is 0.255 e. The van der Waals surface area contributed by atoms with Gasteiger partial charge in [-0.15, -0.1) is 11.8 Å². The first-order chi connectivity index (χ1) is 13.3. The van der Waals surface area contributed by atoms with Crippen molar-refractivity contribution in [2.75, 3.05) is 23.4 Å². The topological polar surface area (TPSA) is 78.5 Å². The second-order valence-electron chi connectivity index (χ2n) is 7.04. The van der Waals surface area contributed by atoms with Crippen molar-refractivity contribution in [2.45, 2.75) is 31.7 Å². The van der Waals surface area contributed by atoms with Crippen LogP contribution < -0.4 is 10.6 Å². The van der Waals surface area contributed by atoms with E-state index in [0.29, 0.717) is 28.3 Å². The molecule has 1 aliphatic heterocycles. The second kappa shape index (κ2) is 8.06. The monoisotopic (exact) mass is 397 g/mol. The molecule has 2 N–H and O–H groups in total. The van der Waals surface area contributed by atoms with E-state index in [0.717, 1.165) is 10.5 Å². The maximum atomic E-state index is 12.7. The minimum absolute atomic E-state index is 0.0775. The van der Waals surface area contributed by atoms with E-state index in [9.17, 15) is 14.4 Å². The van der Waals surface area contributed by atoms with Crippen molar-refractivity contribution >= 4 is 40.9 Å². The molecule has 0 aromatic heterocycles. The largest absolute Gasteiger partial charge is 0.339 e. The molecule has 0 fully saturated rings. The fourth-order valence-electron chi connectivity index (χ4n) is 2.78. The van der Waals surface area contributed by atoms with Gasteiger partial charge in [0, 0.05) is 34.8 Å². The highest BCUT2D eigenvalue weighted by atomic mass is 32.2. The van der Waals surface area contributed by atoms with Gasteiger partial charge in [-0.3, -0.25) is 14.4 Å². The van der Waals surface area contributed by atoms with Gasteiger partial charge in [-0.2, -0.15) is 0 Å². The van der Waals surface area contributed by atoms with Crippen LogP contribution in [0.2, 0.25) is 0 Å². The summed E-state index contributed by atoms with van der Waals surface area (Å²) >= 11 is 1.45. The summed E-state index contributed by atoms with van der Waals surface area (Å²) in [5, 5.41) is 5.62. The zero-order chi connectivity index (χ0) is 20.4. The average Bonchev–Trinajstić information content (AvgIpc) is 2.67. The number of hydrogen-bond acceptors (Lipinski definition) is 4. The molecule has 2 aromatic rings. The second-order valence-corrected chi connectivity index (χ2v) is 8.06. The Morgan fingerprint density at radius 2 is 1.93 bits per heavy atom. The van der Waals surface area contributed by atoms with E-state index in [-0.39, 0.29) is 23.8 Å². The summed E-state index contributed by atoms with van der Waals surface area (Å²) in [6.07, 6.45) is 0. The van der Waals surface area contributed by atoms with Gasteiger partial charge in [-0.05, 0) is 56.7 Å². The van der Waals surface area contributed by atoms with Gasteiger partial charge in [0.05, 0.1) is 11.4 Å². The Hall–Kier alpha value is -2.80. The number of carbonyl (C=O) groups is 3. The Morgan fingerprint density at radius 3 is 2.64 bits per heavy atom. The van der Waals surface area contributed by atoms with Crippen LogP contribution in [0.25, 0.3) is 0 Å². The van der Waals surface area contributed by atoms with E-state index in [1.807, 2.05) is 32.9 Å². The molecule has 1 heterocycles. The number of amides is 3. The predicted molar refractivity (Wildman–Crippen MR) is 112 cm³/mol. The van der Waals surface area contributed by atoms with Gasteiger partial charge in [0.2, 0.25) is 5.91 Å². The van der Waals surface area contributed by atoms with Crippen LogP contribution in [-0.2, 0) is 4.79 Å². The fraction of sp³-hybridized carbons (Fsp3) is 0.286. The van der Waals surface area contributed by atoms with Crippen LogP contribution in [0.4, 0.5) is 11.4 Å². The molecule has 7 heteroatoms. The van der Waals surface area contributed by atoms with E-state index < -0.39 is 0 Å². The Labute approximate surface area is 168 Å². The van der Waals surface area contributed by atoms with Gasteiger partial charge in [0.1, 0.15) is 0 Å². The summed E-state index contributed by atoms with van der Waals surface area (Å²) in [7, 11) is 1.76. The number of aryl methyl sites for hydroxylation is 1. The van der Waals surface area contributed by atoms with Gasteiger partial charge >= 0.3 is 0 Å². The van der Waals surface area contributed by atoms with E-state index in [1.54, 1.807) is 36.2 Å². The number of anilines is 2. The highest BCUT2D eigenvalue weighted by Crippen LogP contribution is 2.32. The summed E-state index contributed by atoms with van der Waals surface area (Å²) in [6, 6.07) is 10.6. The van der Waals surface area contributed by atoms with Crippen molar-refractivity contribution in [1.29, 1.82) is 0 Å². The molecule has 0 atom stereocenters. The first-order valence-corrected chi connectivity index (χ1v) is 10.0. The molecule has 146 valence electrons. The minimum Gasteiger partial charge on any atom is -0.339 e. The van der Waals surface area contributed by atoms with Crippen molar-refractivity contribution in [3.63, 3.8) is 0 Å². The van der Waals surface area contributed by atoms with Crippen molar-refractivity contribution in [3.8, 4) is 0 Å². The quantitative estimate of drug-likeness (QED) is 0.823. The van der Waals surface area contributed by atoms with Crippen LogP contribution >= 0.6 is 11.8 Å². The number of hydrogen-bond donors (Lipinski definition) is 2. The molecule has 0 aliphatic carbocycles. The smallest absolute Gasteiger partial charge is 0.255 e. The molecule has 0 unspecified atom stereocenters. The average molecular weight is 398 g/mol. The number of nitrogens with one attached hydrogen (secondary N) is 2. The maximum absolute atomic E-state index is 12.7. The van der Waals surface area contributed by atoms with Gasteiger partial charge in [0.25, 0.3) is 11.8 Å². The first-order valence-electron chi connectivity index (χ1n) is 9.02. The lowest BCUT2D eigenvalue weighted by Gasteiger charge is -2.22. The standard InChI is InChI=1S/C21H23N3O3S/c1-12(2)24(4)21(27)16-10-15(7-5-13(16)3)22-20(26)14-6-8-18-17(9-14)23-19(25)11-28-18/h5-10,12H,11H2,1-4H3,(H,22,26)(H,23,25). The number of benzene rings is 2. The van der Waals surface area contributed by atoms with E-state index >= 15 is 0 Å². The number of fused-ring (bicyclic) bond motifs is 1. The van der Waals surface area contributed by atoms with Gasteiger partial charge < -0.3 is 15.5 Å². The minimum atomic E-state index is -0.299. The molecule has 28 heavy (non-hydrogen) atoms. The van der Waals surface area contributed by atoms with Crippen LogP contribution in [0.15, 0.2) is 41.3 Å². The third-order valence-electron chi connectivity index (χ3n) is 4.70. The molecule has 6 nitrogen and oxygen atoms in total. The fourth-order valence-corrected chi connectivity index (χ4v) is 3.57.